The molecule has 162 valence electrons. The highest BCUT2D eigenvalue weighted by molar-refractivity contribution is 5.51. The molecule has 1 N–H and O–H groups in total. The van der Waals surface area contributed by atoms with Gasteiger partial charge in [0.25, 0.3) is 0 Å². The maximum absolute atomic E-state index is 15.3. The Balaban J connectivity index is 1.57. The van der Waals surface area contributed by atoms with Crippen LogP contribution in [0.5, 0.6) is 11.5 Å². The number of nitrogens with zero attached hydrogens (tertiary/aromatic N) is 1. The van der Waals surface area contributed by atoms with E-state index in [2.05, 4.69) is 4.90 Å². The SMILES string of the molecule is COc1cc2c(c(F)c1OC[C@@H]1C[C@@H]1F)CCN1C[C@@H](OC(C)(C)C)[C@H](O)C[C@H]21. The summed E-state index contributed by atoms with van der Waals surface area (Å²) in [5.41, 5.74) is 1.10. The summed E-state index contributed by atoms with van der Waals surface area (Å²) in [5.74, 6) is -0.178. The molecule has 1 aliphatic carbocycles. The number of hydrogen-bond donors (Lipinski definition) is 1. The highest BCUT2D eigenvalue weighted by atomic mass is 19.1. The van der Waals surface area contributed by atoms with Crippen LogP contribution in [0.1, 0.15) is 50.8 Å². The lowest BCUT2D eigenvalue weighted by Crippen LogP contribution is -2.53. The first-order chi connectivity index (χ1) is 13.7. The summed E-state index contributed by atoms with van der Waals surface area (Å²) in [6, 6.07) is 1.73. The lowest BCUT2D eigenvalue weighted by molar-refractivity contribution is -0.149. The number of rotatable bonds is 5. The molecular weight excluding hydrogens is 380 g/mol. The Morgan fingerprint density at radius 2 is 2.00 bits per heavy atom. The molecule has 1 saturated heterocycles. The molecule has 5 atom stereocenters. The van der Waals surface area contributed by atoms with Crippen LogP contribution in [-0.4, -0.2) is 60.8 Å². The molecule has 1 saturated carbocycles. The van der Waals surface area contributed by atoms with E-state index in [0.717, 1.165) is 5.56 Å². The van der Waals surface area contributed by atoms with Gasteiger partial charge in [-0.3, -0.25) is 4.90 Å². The second-order valence-electron chi connectivity index (χ2n) is 9.44. The number of aliphatic hydroxyl groups is 1. The fourth-order valence-electron chi connectivity index (χ4n) is 4.48. The zero-order valence-electron chi connectivity index (χ0n) is 17.6. The molecule has 7 heteroatoms. The van der Waals surface area contributed by atoms with Crippen molar-refractivity contribution in [3.05, 3.63) is 23.0 Å². The maximum Gasteiger partial charge on any atom is 0.197 e. The van der Waals surface area contributed by atoms with Gasteiger partial charge in [-0.2, -0.15) is 0 Å². The van der Waals surface area contributed by atoms with Crippen LogP contribution in [0, 0.1) is 11.7 Å². The Morgan fingerprint density at radius 3 is 2.62 bits per heavy atom. The lowest BCUT2D eigenvalue weighted by Gasteiger charge is -2.46. The van der Waals surface area contributed by atoms with E-state index in [1.165, 1.54) is 7.11 Å². The molecule has 3 aliphatic rings. The number of hydrogen-bond acceptors (Lipinski definition) is 5. The van der Waals surface area contributed by atoms with Gasteiger partial charge in [-0.1, -0.05) is 0 Å². The van der Waals surface area contributed by atoms with E-state index in [9.17, 15) is 9.50 Å². The van der Waals surface area contributed by atoms with Gasteiger partial charge in [0.15, 0.2) is 17.3 Å². The summed E-state index contributed by atoms with van der Waals surface area (Å²) in [6.07, 6.45) is -0.241. The average molecular weight is 411 g/mol. The van der Waals surface area contributed by atoms with Crippen molar-refractivity contribution in [1.82, 2.24) is 4.90 Å². The minimum absolute atomic E-state index is 0.0732. The summed E-state index contributed by atoms with van der Waals surface area (Å²) in [7, 11) is 1.48. The van der Waals surface area contributed by atoms with Gasteiger partial charge in [0.1, 0.15) is 6.17 Å². The predicted molar refractivity (Wildman–Crippen MR) is 105 cm³/mol. The predicted octanol–water partition coefficient (Wildman–Crippen LogP) is 3.42. The second kappa shape index (κ2) is 7.67. The van der Waals surface area contributed by atoms with E-state index in [1.54, 1.807) is 0 Å². The van der Waals surface area contributed by atoms with Crippen LogP contribution in [0.25, 0.3) is 0 Å². The minimum atomic E-state index is -0.845. The van der Waals surface area contributed by atoms with Gasteiger partial charge in [-0.25, -0.2) is 8.78 Å². The van der Waals surface area contributed by atoms with Crippen LogP contribution in [-0.2, 0) is 11.2 Å². The molecule has 1 aromatic carbocycles. The van der Waals surface area contributed by atoms with E-state index < -0.39 is 18.1 Å². The third-order valence-corrected chi connectivity index (χ3v) is 6.08. The monoisotopic (exact) mass is 411 g/mol. The van der Waals surface area contributed by atoms with Crippen molar-refractivity contribution in [3.8, 4) is 11.5 Å². The molecule has 0 aromatic heterocycles. The van der Waals surface area contributed by atoms with Crippen molar-refractivity contribution in [2.24, 2.45) is 5.92 Å². The van der Waals surface area contributed by atoms with Gasteiger partial charge in [-0.15, -0.1) is 0 Å². The summed E-state index contributed by atoms with van der Waals surface area (Å²) in [5, 5.41) is 10.7. The van der Waals surface area contributed by atoms with E-state index >= 15 is 4.39 Å². The normalized spacial score (nSPS) is 31.8. The number of piperidine rings is 1. The molecule has 29 heavy (non-hydrogen) atoms. The van der Waals surface area contributed by atoms with Crippen molar-refractivity contribution in [2.75, 3.05) is 26.8 Å². The van der Waals surface area contributed by atoms with Crippen molar-refractivity contribution in [2.45, 2.75) is 70.1 Å². The van der Waals surface area contributed by atoms with Gasteiger partial charge in [-0.05, 0) is 57.2 Å². The lowest BCUT2D eigenvalue weighted by atomic mass is 9.84. The third-order valence-electron chi connectivity index (χ3n) is 6.08. The average Bonchev–Trinajstić information content (AvgIpc) is 3.35. The Bertz CT molecular complexity index is 766. The van der Waals surface area contributed by atoms with E-state index in [1.807, 2.05) is 26.8 Å². The number of benzene rings is 1. The van der Waals surface area contributed by atoms with Crippen molar-refractivity contribution < 1.29 is 28.1 Å². The smallest absolute Gasteiger partial charge is 0.197 e. The number of fused-ring (bicyclic) bond motifs is 3. The van der Waals surface area contributed by atoms with Gasteiger partial charge in [0, 0.05) is 25.0 Å². The Kier molecular flexibility index (Phi) is 5.51. The quantitative estimate of drug-likeness (QED) is 0.805. The number of aliphatic hydroxyl groups excluding tert-OH is 1. The van der Waals surface area contributed by atoms with Crippen LogP contribution in [0.4, 0.5) is 8.78 Å². The van der Waals surface area contributed by atoms with E-state index in [4.69, 9.17) is 14.2 Å². The standard InChI is InChI=1S/C22H31F2NO4/c1-22(2,3)29-19-10-25-6-5-13-14(16(25)9-17(19)26)8-18(27-4)21(20(13)24)28-11-12-7-15(12)23/h8,12,15-17,19,26H,5-7,9-11H2,1-4H3/t12-,15-,16+,17+,19+/m0/s1. The van der Waals surface area contributed by atoms with Crippen LogP contribution >= 0.6 is 0 Å². The molecule has 5 nitrogen and oxygen atoms in total. The molecule has 0 amide bonds. The summed E-state index contributed by atoms with van der Waals surface area (Å²) in [6.45, 7) is 7.38. The molecule has 0 bridgehead atoms. The first kappa shape index (κ1) is 20.8. The molecule has 0 radical (unpaired) electrons. The second-order valence-corrected chi connectivity index (χ2v) is 9.44. The summed E-state index contributed by atoms with van der Waals surface area (Å²) in [4.78, 5) is 2.25. The van der Waals surface area contributed by atoms with Crippen LogP contribution in [0.3, 0.4) is 0 Å². The molecule has 1 aromatic rings. The van der Waals surface area contributed by atoms with Crippen LogP contribution < -0.4 is 9.47 Å². The number of ether oxygens (including phenoxy) is 3. The Hall–Kier alpha value is -1.44. The maximum atomic E-state index is 15.3. The Morgan fingerprint density at radius 1 is 1.28 bits per heavy atom. The number of methoxy groups -OCH3 is 1. The summed E-state index contributed by atoms with van der Waals surface area (Å²) < 4.78 is 45.5. The molecule has 0 spiro atoms. The van der Waals surface area contributed by atoms with E-state index in [-0.39, 0.29) is 36.0 Å². The molecule has 2 heterocycles. The molecule has 2 aliphatic heterocycles. The zero-order chi connectivity index (χ0) is 20.9. The molecule has 0 unspecified atom stereocenters. The van der Waals surface area contributed by atoms with Crippen LogP contribution in [0.15, 0.2) is 6.07 Å². The van der Waals surface area contributed by atoms with E-state index in [0.29, 0.717) is 43.7 Å². The first-order valence-electron chi connectivity index (χ1n) is 10.4. The first-order valence-corrected chi connectivity index (χ1v) is 10.4. The summed E-state index contributed by atoms with van der Waals surface area (Å²) >= 11 is 0. The van der Waals surface area contributed by atoms with Crippen LogP contribution in [0.2, 0.25) is 0 Å². The molecular formula is C22H31F2NO4. The highest BCUT2D eigenvalue weighted by Gasteiger charge is 2.42. The minimum Gasteiger partial charge on any atom is -0.493 e. The molecule has 2 fully saturated rings. The highest BCUT2D eigenvalue weighted by Crippen LogP contribution is 2.45. The Labute approximate surface area is 170 Å². The fraction of sp³-hybridized carbons (Fsp3) is 0.727. The largest absolute Gasteiger partial charge is 0.493 e. The number of alkyl halides is 1. The van der Waals surface area contributed by atoms with Crippen molar-refractivity contribution in [3.63, 3.8) is 0 Å². The third kappa shape index (κ3) is 4.23. The van der Waals surface area contributed by atoms with Gasteiger partial charge in [0.2, 0.25) is 0 Å². The topological polar surface area (TPSA) is 51.2 Å². The van der Waals surface area contributed by atoms with Crippen molar-refractivity contribution in [1.29, 1.82) is 0 Å². The van der Waals surface area contributed by atoms with Crippen molar-refractivity contribution >= 4 is 0 Å². The van der Waals surface area contributed by atoms with Gasteiger partial charge < -0.3 is 19.3 Å². The zero-order valence-corrected chi connectivity index (χ0v) is 17.6. The molecule has 4 rings (SSSR count). The van der Waals surface area contributed by atoms with Gasteiger partial charge >= 0.3 is 0 Å². The van der Waals surface area contributed by atoms with Gasteiger partial charge in [0.05, 0.1) is 31.5 Å². The number of halogens is 2. The fourth-order valence-corrected chi connectivity index (χ4v) is 4.48.